The van der Waals surface area contributed by atoms with Gasteiger partial charge in [-0.1, -0.05) is 13.8 Å². The number of esters is 1. The molecule has 58 valence electrons. The molecule has 0 rings (SSSR count). The lowest BCUT2D eigenvalue weighted by Crippen LogP contribution is -2.08. The molecule has 0 unspecified atom stereocenters. The van der Waals surface area contributed by atoms with Gasteiger partial charge in [0.2, 0.25) is 0 Å². The molecule has 0 radical (unpaired) electrons. The van der Waals surface area contributed by atoms with Gasteiger partial charge in [-0.15, -0.1) is 0 Å². The summed E-state index contributed by atoms with van der Waals surface area (Å²) in [6.45, 7) is 4.37. The number of methoxy groups -OCH3 is 1. The molecule has 0 aliphatic carbocycles. The molecule has 0 fully saturated rings. The van der Waals surface area contributed by atoms with Crippen molar-refractivity contribution in [3.05, 3.63) is 0 Å². The Kier molecular flexibility index (Phi) is 13.0. The normalized spacial score (nSPS) is 7.11. The molecule has 3 heteroatoms. The fraction of sp³-hybridized carbons (Fsp3) is 0.833. The van der Waals surface area contributed by atoms with Gasteiger partial charge in [0.25, 0.3) is 0 Å². The fourth-order valence-corrected chi connectivity index (χ4v) is 0.220. The van der Waals surface area contributed by atoms with Gasteiger partial charge in [0.1, 0.15) is 0 Å². The van der Waals surface area contributed by atoms with Crippen LogP contribution in [0.25, 0.3) is 0 Å². The maximum Gasteiger partial charge on any atom is 0.306 e. The van der Waals surface area contributed by atoms with Crippen molar-refractivity contribution in [3.63, 3.8) is 0 Å². The second kappa shape index (κ2) is 10.4. The first-order valence-electron chi connectivity index (χ1n) is 3.08. The maximum atomic E-state index is 10.1. The Morgan fingerprint density at radius 3 is 2.22 bits per heavy atom. The van der Waals surface area contributed by atoms with E-state index in [4.69, 9.17) is 5.73 Å². The Balaban J connectivity index is -0.000000149. The summed E-state index contributed by atoms with van der Waals surface area (Å²) in [6.07, 6.45) is 0.316. The number of ether oxygens (including phenoxy) is 1. The lowest BCUT2D eigenvalue weighted by molar-refractivity contribution is -0.140. The number of carbonyl (C=O) groups excluding carboxylic acids is 1. The van der Waals surface area contributed by atoms with Gasteiger partial charge < -0.3 is 10.5 Å². The van der Waals surface area contributed by atoms with E-state index < -0.39 is 0 Å². The highest BCUT2D eigenvalue weighted by atomic mass is 16.5. The zero-order chi connectivity index (χ0) is 7.70. The van der Waals surface area contributed by atoms with Crippen molar-refractivity contribution in [2.24, 2.45) is 5.73 Å². The Hall–Kier alpha value is -0.570. The number of carbonyl (C=O) groups is 1. The van der Waals surface area contributed by atoms with Crippen LogP contribution in [0.2, 0.25) is 0 Å². The van der Waals surface area contributed by atoms with Crippen LogP contribution in [0, 0.1) is 0 Å². The summed E-state index contributed by atoms with van der Waals surface area (Å²) in [6, 6.07) is 0. The van der Waals surface area contributed by atoms with Crippen LogP contribution in [0.5, 0.6) is 0 Å². The van der Waals surface area contributed by atoms with Gasteiger partial charge in [-0.05, 0) is 0 Å². The van der Waals surface area contributed by atoms with E-state index in [0.717, 1.165) is 0 Å². The lowest BCUT2D eigenvalue weighted by Gasteiger charge is -1.91. The largest absolute Gasteiger partial charge is 0.469 e. The standard InChI is InChI=1S/C4H9NO2.C2H6.H2/c1-7-4(6)2-3-5;1-2;/h2-3,5H2,1H3;1-2H3;1H. The molecule has 0 aromatic rings. The molecule has 0 aromatic carbocycles. The summed E-state index contributed by atoms with van der Waals surface area (Å²) >= 11 is 0. The highest BCUT2D eigenvalue weighted by Gasteiger charge is 1.92. The summed E-state index contributed by atoms with van der Waals surface area (Å²) in [5.41, 5.74) is 5.00. The topological polar surface area (TPSA) is 52.3 Å². The van der Waals surface area contributed by atoms with E-state index >= 15 is 0 Å². The summed E-state index contributed by atoms with van der Waals surface area (Å²) in [5.74, 6) is -0.248. The highest BCUT2D eigenvalue weighted by Crippen LogP contribution is 1.76. The number of hydrogen-bond acceptors (Lipinski definition) is 3. The number of rotatable bonds is 2. The molecule has 3 nitrogen and oxygen atoms in total. The van der Waals surface area contributed by atoms with Gasteiger partial charge in [-0.2, -0.15) is 0 Å². The van der Waals surface area contributed by atoms with Crippen LogP contribution in [0.3, 0.4) is 0 Å². The van der Waals surface area contributed by atoms with Crippen molar-refractivity contribution >= 4 is 5.97 Å². The summed E-state index contributed by atoms with van der Waals surface area (Å²) in [4.78, 5) is 10.1. The average Bonchev–Trinajstić information content (AvgIpc) is 1.93. The predicted molar refractivity (Wildman–Crippen MR) is 39.1 cm³/mol. The van der Waals surface area contributed by atoms with Gasteiger partial charge in [0.05, 0.1) is 13.5 Å². The van der Waals surface area contributed by atoms with E-state index in [-0.39, 0.29) is 7.40 Å². The van der Waals surface area contributed by atoms with E-state index in [0.29, 0.717) is 13.0 Å². The summed E-state index contributed by atoms with van der Waals surface area (Å²) in [5, 5.41) is 0. The van der Waals surface area contributed by atoms with Crippen molar-refractivity contribution in [1.29, 1.82) is 0 Å². The van der Waals surface area contributed by atoms with Crippen LogP contribution >= 0.6 is 0 Å². The summed E-state index contributed by atoms with van der Waals surface area (Å²) in [7, 11) is 1.35. The maximum absolute atomic E-state index is 10.1. The van der Waals surface area contributed by atoms with Crippen molar-refractivity contribution in [2.75, 3.05) is 13.7 Å². The third-order valence-electron chi connectivity index (χ3n) is 0.576. The van der Waals surface area contributed by atoms with Crippen LogP contribution in [0.4, 0.5) is 0 Å². The first-order chi connectivity index (χ1) is 4.31. The zero-order valence-corrected chi connectivity index (χ0v) is 6.31. The van der Waals surface area contributed by atoms with Crippen LogP contribution in [0.15, 0.2) is 0 Å². The van der Waals surface area contributed by atoms with E-state index in [1.807, 2.05) is 13.8 Å². The molecular formula is C6H17NO2. The Bertz CT molecular complexity index is 68.8. The SMILES string of the molecule is CC.COC(=O)CCN.[HH]. The van der Waals surface area contributed by atoms with Crippen molar-refractivity contribution in [2.45, 2.75) is 20.3 Å². The van der Waals surface area contributed by atoms with E-state index in [9.17, 15) is 4.79 Å². The van der Waals surface area contributed by atoms with Gasteiger partial charge >= 0.3 is 5.97 Å². The highest BCUT2D eigenvalue weighted by molar-refractivity contribution is 5.69. The third-order valence-corrected chi connectivity index (χ3v) is 0.576. The van der Waals surface area contributed by atoms with Crippen molar-refractivity contribution < 1.29 is 11.0 Å². The van der Waals surface area contributed by atoms with E-state index in [1.165, 1.54) is 7.11 Å². The van der Waals surface area contributed by atoms with Gasteiger partial charge in [0, 0.05) is 7.97 Å². The quantitative estimate of drug-likeness (QED) is 0.569. The minimum atomic E-state index is -0.248. The van der Waals surface area contributed by atoms with Gasteiger partial charge in [0.15, 0.2) is 0 Å². The first kappa shape index (κ1) is 11.3. The van der Waals surface area contributed by atoms with Crippen molar-refractivity contribution in [1.82, 2.24) is 0 Å². The number of nitrogens with two attached hydrogens (primary N) is 1. The molecule has 0 bridgehead atoms. The molecule has 2 N–H and O–H groups in total. The van der Waals surface area contributed by atoms with E-state index in [1.54, 1.807) is 0 Å². The Morgan fingerprint density at radius 1 is 1.67 bits per heavy atom. The van der Waals surface area contributed by atoms with Crippen molar-refractivity contribution in [3.8, 4) is 0 Å². The molecule has 9 heavy (non-hydrogen) atoms. The molecule has 0 amide bonds. The Morgan fingerprint density at radius 2 is 2.11 bits per heavy atom. The molecule has 0 heterocycles. The monoisotopic (exact) mass is 135 g/mol. The first-order valence-corrected chi connectivity index (χ1v) is 3.08. The second-order valence-corrected chi connectivity index (χ2v) is 1.11. The molecule has 0 spiro atoms. The molecular weight excluding hydrogens is 118 g/mol. The smallest absolute Gasteiger partial charge is 0.306 e. The minimum absolute atomic E-state index is 0. The van der Waals surface area contributed by atoms with Crippen LogP contribution < -0.4 is 5.73 Å². The molecule has 0 saturated heterocycles. The lowest BCUT2D eigenvalue weighted by atomic mass is 10.4. The minimum Gasteiger partial charge on any atom is -0.469 e. The molecule has 0 aromatic heterocycles. The van der Waals surface area contributed by atoms with Crippen LogP contribution in [-0.4, -0.2) is 19.6 Å². The van der Waals surface area contributed by atoms with Crippen LogP contribution in [-0.2, 0) is 9.53 Å². The number of hydrogen-bond donors (Lipinski definition) is 1. The third kappa shape index (κ3) is 11.2. The molecule has 0 aliphatic heterocycles. The molecule has 0 atom stereocenters. The van der Waals surface area contributed by atoms with Gasteiger partial charge in [-0.25, -0.2) is 0 Å². The van der Waals surface area contributed by atoms with Gasteiger partial charge in [-0.3, -0.25) is 4.79 Å². The molecule has 0 aliphatic rings. The zero-order valence-electron chi connectivity index (χ0n) is 6.31. The Labute approximate surface area is 57.7 Å². The fourth-order valence-electron chi connectivity index (χ4n) is 0.220. The molecule has 0 saturated carbocycles. The predicted octanol–water partition coefficient (Wildman–Crippen LogP) is 0.780. The average molecular weight is 135 g/mol. The van der Waals surface area contributed by atoms with E-state index in [2.05, 4.69) is 4.74 Å². The second-order valence-electron chi connectivity index (χ2n) is 1.11. The summed E-state index contributed by atoms with van der Waals surface area (Å²) < 4.78 is 4.27. The van der Waals surface area contributed by atoms with Crippen LogP contribution in [0.1, 0.15) is 21.7 Å².